The lowest BCUT2D eigenvalue weighted by Crippen LogP contribution is -2.38. The molecule has 12 heteroatoms. The van der Waals surface area contributed by atoms with Crippen LogP contribution in [0.4, 0.5) is 10.5 Å². The van der Waals surface area contributed by atoms with Crippen molar-refractivity contribution in [1.29, 1.82) is 0 Å². The third-order valence-corrected chi connectivity index (χ3v) is 8.21. The fourth-order valence-corrected chi connectivity index (χ4v) is 7.60. The maximum atomic E-state index is 12.5. The Bertz CT molecular complexity index is 1040. The van der Waals surface area contributed by atoms with Gasteiger partial charge in [0.05, 0.1) is 29.7 Å². The first-order chi connectivity index (χ1) is 14.9. The first kappa shape index (κ1) is 24.7. The van der Waals surface area contributed by atoms with E-state index in [0.717, 1.165) is 0 Å². The Morgan fingerprint density at radius 2 is 2.03 bits per heavy atom. The summed E-state index contributed by atoms with van der Waals surface area (Å²) in [5.74, 6) is 0.0503. The number of hydrogen-bond acceptors (Lipinski definition) is 7. The summed E-state index contributed by atoms with van der Waals surface area (Å²) >= 11 is 7.54. The predicted octanol–water partition coefficient (Wildman–Crippen LogP) is 2.86. The molecule has 2 amide bonds. The lowest BCUT2D eigenvalue weighted by atomic mass is 10.2. The molecule has 1 aromatic rings. The summed E-state index contributed by atoms with van der Waals surface area (Å²) in [4.78, 5) is 30.2. The van der Waals surface area contributed by atoms with Crippen LogP contribution in [0.1, 0.15) is 27.2 Å². The molecule has 2 heterocycles. The monoisotopic (exact) mass is 503 g/mol. The summed E-state index contributed by atoms with van der Waals surface area (Å²) in [5, 5.41) is 3.08. The summed E-state index contributed by atoms with van der Waals surface area (Å²) < 4.78 is 34.7. The highest BCUT2D eigenvalue weighted by molar-refractivity contribution is 8.16. The fourth-order valence-electron chi connectivity index (χ4n) is 3.42. The molecule has 3 rings (SSSR count). The number of nitrogens with zero attached hydrogens (tertiary/aromatic N) is 2. The molecule has 1 aromatic carbocycles. The Kier molecular flexibility index (Phi) is 7.31. The summed E-state index contributed by atoms with van der Waals surface area (Å²) in [5.41, 5.74) is -0.00102. The molecular formula is C20H26ClN3O6S2. The Hall–Kier alpha value is -1.98. The number of nitrogens with one attached hydrogen (secondary N) is 1. The van der Waals surface area contributed by atoms with Crippen molar-refractivity contribution >= 4 is 56.1 Å². The van der Waals surface area contributed by atoms with Gasteiger partial charge < -0.3 is 19.7 Å². The van der Waals surface area contributed by atoms with Crippen molar-refractivity contribution in [3.63, 3.8) is 0 Å². The normalized spacial score (nSPS) is 23.2. The number of methoxy groups -OCH3 is 1. The van der Waals surface area contributed by atoms with Gasteiger partial charge in [-0.2, -0.15) is 4.99 Å². The number of fused-ring (bicyclic) bond motifs is 1. The molecule has 0 spiro atoms. The van der Waals surface area contributed by atoms with Crippen LogP contribution < -0.4 is 15.0 Å². The van der Waals surface area contributed by atoms with Crippen molar-refractivity contribution in [3.8, 4) is 5.75 Å². The van der Waals surface area contributed by atoms with E-state index in [-0.39, 0.29) is 35.8 Å². The molecule has 0 bridgehead atoms. The third kappa shape index (κ3) is 6.08. The zero-order valence-electron chi connectivity index (χ0n) is 18.3. The van der Waals surface area contributed by atoms with Crippen LogP contribution in [0.15, 0.2) is 23.2 Å². The number of thioether (sulfide) groups is 1. The SMILES string of the molecule is COc1ccc(N2C(=NC(=O)CCNC(=O)OC(C)(C)C)SC3CS(=O)(=O)CC32)cc1Cl. The number of rotatable bonds is 5. The molecule has 2 aliphatic rings. The van der Waals surface area contributed by atoms with E-state index in [1.54, 1.807) is 43.9 Å². The van der Waals surface area contributed by atoms with Crippen LogP contribution in [-0.2, 0) is 19.4 Å². The molecule has 9 nitrogen and oxygen atoms in total. The second-order valence-corrected chi connectivity index (χ2v) is 12.2. The molecule has 2 fully saturated rings. The fraction of sp³-hybridized carbons (Fsp3) is 0.550. The number of aliphatic imine (C=N–C) groups is 1. The van der Waals surface area contributed by atoms with Crippen LogP contribution >= 0.6 is 23.4 Å². The molecule has 2 saturated heterocycles. The van der Waals surface area contributed by atoms with Crippen LogP contribution in [0.2, 0.25) is 5.02 Å². The number of carbonyl (C=O) groups excluding carboxylic acids is 2. The van der Waals surface area contributed by atoms with Crippen LogP contribution in [0.25, 0.3) is 0 Å². The zero-order valence-corrected chi connectivity index (χ0v) is 20.6. The number of anilines is 1. The Labute approximate surface area is 196 Å². The van der Waals surface area contributed by atoms with Crippen molar-refractivity contribution in [2.24, 2.45) is 4.99 Å². The number of alkyl carbamates (subject to hydrolysis) is 1. The van der Waals surface area contributed by atoms with E-state index in [4.69, 9.17) is 21.1 Å². The highest BCUT2D eigenvalue weighted by Crippen LogP contribution is 2.42. The highest BCUT2D eigenvalue weighted by atomic mass is 35.5. The molecule has 32 heavy (non-hydrogen) atoms. The van der Waals surface area contributed by atoms with Gasteiger partial charge in [0.25, 0.3) is 0 Å². The van der Waals surface area contributed by atoms with E-state index in [2.05, 4.69) is 10.3 Å². The van der Waals surface area contributed by atoms with Crippen molar-refractivity contribution in [3.05, 3.63) is 23.2 Å². The van der Waals surface area contributed by atoms with E-state index in [9.17, 15) is 18.0 Å². The topological polar surface area (TPSA) is 114 Å². The molecule has 2 unspecified atom stereocenters. The average Bonchev–Trinajstić information content (AvgIpc) is 3.10. The van der Waals surface area contributed by atoms with Gasteiger partial charge in [-0.1, -0.05) is 23.4 Å². The molecular weight excluding hydrogens is 478 g/mol. The van der Waals surface area contributed by atoms with Crippen molar-refractivity contribution in [1.82, 2.24) is 5.32 Å². The number of sulfone groups is 1. The maximum Gasteiger partial charge on any atom is 0.407 e. The second-order valence-electron chi connectivity index (χ2n) is 8.46. The van der Waals surface area contributed by atoms with Crippen LogP contribution in [-0.4, -0.2) is 67.6 Å². The minimum absolute atomic E-state index is 0.0197. The predicted molar refractivity (Wildman–Crippen MR) is 126 cm³/mol. The number of ether oxygens (including phenoxy) is 2. The van der Waals surface area contributed by atoms with Gasteiger partial charge in [0.15, 0.2) is 15.0 Å². The largest absolute Gasteiger partial charge is 0.495 e. The van der Waals surface area contributed by atoms with Gasteiger partial charge in [0.1, 0.15) is 11.4 Å². The lowest BCUT2D eigenvalue weighted by Gasteiger charge is -2.25. The third-order valence-electron chi connectivity index (χ3n) is 4.71. The lowest BCUT2D eigenvalue weighted by molar-refractivity contribution is -0.117. The Balaban J connectivity index is 1.75. The van der Waals surface area contributed by atoms with E-state index in [1.165, 1.54) is 18.9 Å². The molecule has 0 saturated carbocycles. The van der Waals surface area contributed by atoms with Gasteiger partial charge in [-0.15, -0.1) is 0 Å². The standard InChI is InChI=1S/C20H26ClN3O6S2/c1-20(2,3)30-19(26)22-8-7-17(25)23-18-24(12-5-6-15(29-4)13(21)9-12)14-10-32(27,28)11-16(14)31-18/h5-6,9,14,16H,7-8,10-11H2,1-4H3,(H,22,26). The zero-order chi connectivity index (χ0) is 23.7. The minimum Gasteiger partial charge on any atom is -0.495 e. The Morgan fingerprint density at radius 3 is 2.66 bits per heavy atom. The van der Waals surface area contributed by atoms with Gasteiger partial charge in [-0.25, -0.2) is 13.2 Å². The van der Waals surface area contributed by atoms with E-state index in [1.807, 2.05) is 0 Å². The van der Waals surface area contributed by atoms with Crippen molar-refractivity contribution in [2.75, 3.05) is 30.1 Å². The molecule has 2 atom stereocenters. The first-order valence-corrected chi connectivity index (χ1v) is 13.0. The number of benzene rings is 1. The first-order valence-electron chi connectivity index (χ1n) is 9.97. The van der Waals surface area contributed by atoms with Gasteiger partial charge in [0.2, 0.25) is 5.91 Å². The van der Waals surface area contributed by atoms with Gasteiger partial charge in [-0.3, -0.25) is 4.79 Å². The number of amidine groups is 1. The summed E-state index contributed by atoms with van der Waals surface area (Å²) in [6, 6.07) is 4.76. The number of halogens is 1. The summed E-state index contributed by atoms with van der Waals surface area (Å²) in [6.45, 7) is 5.32. The Morgan fingerprint density at radius 1 is 1.31 bits per heavy atom. The number of carbonyl (C=O) groups is 2. The molecule has 176 valence electrons. The van der Waals surface area contributed by atoms with Crippen molar-refractivity contribution in [2.45, 2.75) is 44.1 Å². The van der Waals surface area contributed by atoms with Gasteiger partial charge >= 0.3 is 6.09 Å². The number of hydrogen-bond donors (Lipinski definition) is 1. The summed E-state index contributed by atoms with van der Waals surface area (Å²) in [6.07, 6.45) is -0.629. The van der Waals surface area contributed by atoms with E-state index < -0.39 is 27.4 Å². The van der Waals surface area contributed by atoms with Crippen LogP contribution in [0, 0.1) is 0 Å². The molecule has 0 radical (unpaired) electrons. The van der Waals surface area contributed by atoms with Crippen LogP contribution in [0.3, 0.4) is 0 Å². The second kappa shape index (κ2) is 9.48. The quantitative estimate of drug-likeness (QED) is 0.652. The maximum absolute atomic E-state index is 12.5. The van der Waals surface area contributed by atoms with E-state index >= 15 is 0 Å². The van der Waals surface area contributed by atoms with Crippen LogP contribution in [0.5, 0.6) is 5.75 Å². The average molecular weight is 504 g/mol. The minimum atomic E-state index is -3.18. The number of amides is 2. The highest BCUT2D eigenvalue weighted by Gasteiger charge is 2.49. The molecule has 1 N–H and O–H groups in total. The smallest absolute Gasteiger partial charge is 0.407 e. The molecule has 0 aliphatic carbocycles. The van der Waals surface area contributed by atoms with Gasteiger partial charge in [0, 0.05) is 23.9 Å². The van der Waals surface area contributed by atoms with Crippen molar-refractivity contribution < 1.29 is 27.5 Å². The summed E-state index contributed by atoms with van der Waals surface area (Å²) in [7, 11) is -1.68. The molecule has 2 aliphatic heterocycles. The van der Waals surface area contributed by atoms with E-state index in [0.29, 0.717) is 21.6 Å². The van der Waals surface area contributed by atoms with Gasteiger partial charge in [-0.05, 0) is 39.0 Å². The molecule has 0 aromatic heterocycles.